The van der Waals surface area contributed by atoms with Gasteiger partial charge >= 0.3 is 0 Å². The van der Waals surface area contributed by atoms with Crippen molar-refractivity contribution in [2.45, 2.75) is 43.2 Å². The minimum atomic E-state index is -3.96. The summed E-state index contributed by atoms with van der Waals surface area (Å²) in [4.78, 5) is 12.7. The number of amides is 1. The molecule has 0 saturated heterocycles. The molecular weight excluding hydrogens is 411 g/mol. The monoisotopic (exact) mass is 431 g/mol. The molecule has 29 heavy (non-hydrogen) atoms. The summed E-state index contributed by atoms with van der Waals surface area (Å²) < 4.78 is 68.2. The molecule has 0 radical (unpaired) electrons. The predicted octanol–water partition coefficient (Wildman–Crippen LogP) is 2.33. The van der Waals surface area contributed by atoms with Gasteiger partial charge in [-0.05, 0) is 38.0 Å². The lowest BCUT2D eigenvalue weighted by Gasteiger charge is -2.18. The Kier molecular flexibility index (Phi) is 5.74. The van der Waals surface area contributed by atoms with E-state index in [2.05, 4.69) is 10.0 Å². The van der Waals surface area contributed by atoms with Crippen molar-refractivity contribution >= 4 is 21.6 Å². The molecule has 1 aromatic carbocycles. The van der Waals surface area contributed by atoms with Crippen molar-refractivity contribution in [3.8, 4) is 0 Å². The molecule has 1 amide bonds. The fourth-order valence-corrected chi connectivity index (χ4v) is 5.02. The van der Waals surface area contributed by atoms with Gasteiger partial charge in [-0.1, -0.05) is 0 Å². The van der Waals surface area contributed by atoms with Crippen LogP contribution in [0.3, 0.4) is 0 Å². The largest absolute Gasteiger partial charge is 0.392 e. The molecular formula is C18H20F3N3O4S. The SMILES string of the molecule is C[C@H](O)C1CCc2c(cn(C)c2C(=O)Nc2ccc(F)c(C(F)F)c2)S(=O)(=O)N1. The summed E-state index contributed by atoms with van der Waals surface area (Å²) in [6.45, 7) is 1.46. The van der Waals surface area contributed by atoms with Crippen LogP contribution in [0.1, 0.15) is 41.4 Å². The van der Waals surface area contributed by atoms with Crippen LogP contribution in [0.25, 0.3) is 0 Å². The molecule has 0 saturated carbocycles. The Morgan fingerprint density at radius 1 is 1.38 bits per heavy atom. The summed E-state index contributed by atoms with van der Waals surface area (Å²) in [5.74, 6) is -1.81. The van der Waals surface area contributed by atoms with Gasteiger partial charge in [0.2, 0.25) is 10.0 Å². The van der Waals surface area contributed by atoms with E-state index in [9.17, 15) is 31.5 Å². The number of benzene rings is 1. The van der Waals surface area contributed by atoms with E-state index in [1.165, 1.54) is 24.7 Å². The van der Waals surface area contributed by atoms with Gasteiger partial charge in [-0.15, -0.1) is 0 Å². The molecule has 0 spiro atoms. The zero-order chi connectivity index (χ0) is 21.5. The molecule has 11 heteroatoms. The number of sulfonamides is 1. The first-order valence-electron chi connectivity index (χ1n) is 8.78. The summed E-state index contributed by atoms with van der Waals surface area (Å²) >= 11 is 0. The molecule has 2 heterocycles. The van der Waals surface area contributed by atoms with Crippen molar-refractivity contribution in [1.29, 1.82) is 0 Å². The van der Waals surface area contributed by atoms with Crippen LogP contribution >= 0.6 is 0 Å². The maximum atomic E-state index is 13.5. The first kappa shape index (κ1) is 21.3. The van der Waals surface area contributed by atoms with E-state index >= 15 is 0 Å². The number of aliphatic hydroxyl groups is 1. The van der Waals surface area contributed by atoms with Crippen LogP contribution in [-0.4, -0.2) is 36.1 Å². The van der Waals surface area contributed by atoms with Gasteiger partial charge in [0.25, 0.3) is 12.3 Å². The molecule has 3 N–H and O–H groups in total. The molecule has 1 aromatic heterocycles. The second-order valence-electron chi connectivity index (χ2n) is 6.93. The van der Waals surface area contributed by atoms with Crippen LogP contribution in [0.4, 0.5) is 18.9 Å². The van der Waals surface area contributed by atoms with Gasteiger partial charge in [0.15, 0.2) is 0 Å². The van der Waals surface area contributed by atoms with Crippen molar-refractivity contribution in [1.82, 2.24) is 9.29 Å². The van der Waals surface area contributed by atoms with Gasteiger partial charge < -0.3 is 15.0 Å². The number of alkyl halides is 2. The van der Waals surface area contributed by atoms with Crippen molar-refractivity contribution < 1.29 is 31.5 Å². The number of aliphatic hydroxyl groups excluding tert-OH is 1. The van der Waals surface area contributed by atoms with Gasteiger partial charge in [0.1, 0.15) is 16.4 Å². The third kappa shape index (κ3) is 4.16. The van der Waals surface area contributed by atoms with Crippen molar-refractivity contribution in [2.24, 2.45) is 7.05 Å². The number of rotatable bonds is 4. The fourth-order valence-electron chi connectivity index (χ4n) is 3.36. The van der Waals surface area contributed by atoms with E-state index < -0.39 is 45.9 Å². The van der Waals surface area contributed by atoms with E-state index in [4.69, 9.17) is 0 Å². The number of aromatic nitrogens is 1. The smallest absolute Gasteiger partial charge is 0.272 e. The summed E-state index contributed by atoms with van der Waals surface area (Å²) in [5.41, 5.74) is -0.588. The molecule has 0 aliphatic carbocycles. The van der Waals surface area contributed by atoms with Crippen molar-refractivity contribution in [3.05, 3.63) is 47.0 Å². The lowest BCUT2D eigenvalue weighted by molar-refractivity contribution is 0.101. The summed E-state index contributed by atoms with van der Waals surface area (Å²) in [7, 11) is -2.48. The molecule has 0 bridgehead atoms. The fraction of sp³-hybridized carbons (Fsp3) is 0.389. The van der Waals surface area contributed by atoms with Crippen molar-refractivity contribution in [2.75, 3.05) is 5.32 Å². The first-order chi connectivity index (χ1) is 13.5. The third-order valence-corrected chi connectivity index (χ3v) is 6.38. The molecule has 158 valence electrons. The van der Waals surface area contributed by atoms with Gasteiger partial charge in [0, 0.05) is 30.5 Å². The predicted molar refractivity (Wildman–Crippen MR) is 98.8 cm³/mol. The number of hydrogen-bond donors (Lipinski definition) is 3. The highest BCUT2D eigenvalue weighted by Gasteiger charge is 2.34. The highest BCUT2D eigenvalue weighted by Crippen LogP contribution is 2.29. The maximum absolute atomic E-state index is 13.5. The topological polar surface area (TPSA) is 100 Å². The second kappa shape index (κ2) is 7.81. The number of anilines is 1. The summed E-state index contributed by atoms with van der Waals surface area (Å²) in [6.07, 6.45) is -2.22. The average Bonchev–Trinajstić information content (AvgIpc) is 2.90. The summed E-state index contributed by atoms with van der Waals surface area (Å²) in [6, 6.07) is 2.09. The van der Waals surface area contributed by atoms with Gasteiger partial charge in [0.05, 0.1) is 11.7 Å². The minimum Gasteiger partial charge on any atom is -0.392 e. The minimum absolute atomic E-state index is 0.0412. The molecule has 0 fully saturated rings. The lowest BCUT2D eigenvalue weighted by atomic mass is 10.0. The first-order valence-corrected chi connectivity index (χ1v) is 10.3. The number of hydrogen-bond acceptors (Lipinski definition) is 4. The van der Waals surface area contributed by atoms with E-state index in [0.717, 1.165) is 18.2 Å². The highest BCUT2D eigenvalue weighted by molar-refractivity contribution is 7.89. The Morgan fingerprint density at radius 2 is 2.07 bits per heavy atom. The van der Waals surface area contributed by atoms with Crippen LogP contribution in [0.5, 0.6) is 0 Å². The Balaban J connectivity index is 1.96. The number of aryl methyl sites for hydroxylation is 1. The normalized spacial score (nSPS) is 19.5. The van der Waals surface area contributed by atoms with E-state index in [0.29, 0.717) is 0 Å². The van der Waals surface area contributed by atoms with Crippen LogP contribution in [0.15, 0.2) is 29.3 Å². The standard InChI is InChI=1S/C18H20F3N3O4S/c1-9(25)14-6-4-11-15(29(27,28)23-14)8-24(2)16(11)18(26)22-10-3-5-13(19)12(7-10)17(20)21/h3,5,7-9,14,17,23,25H,4,6H2,1-2H3,(H,22,26)/t9-,14?/m0/s1. The molecule has 3 rings (SSSR count). The Bertz CT molecular complexity index is 1050. The van der Waals surface area contributed by atoms with Gasteiger partial charge in [-0.3, -0.25) is 4.79 Å². The Labute approximate surface area is 165 Å². The van der Waals surface area contributed by atoms with Gasteiger partial charge in [-0.2, -0.15) is 0 Å². The van der Waals surface area contributed by atoms with E-state index in [1.807, 2.05) is 0 Å². The Morgan fingerprint density at radius 3 is 2.69 bits per heavy atom. The molecule has 1 aliphatic rings. The third-order valence-electron chi connectivity index (χ3n) is 4.83. The molecule has 2 aromatic rings. The number of halogens is 3. The van der Waals surface area contributed by atoms with Crippen LogP contribution in [0, 0.1) is 5.82 Å². The highest BCUT2D eigenvalue weighted by atomic mass is 32.2. The zero-order valence-corrected chi connectivity index (χ0v) is 16.4. The molecule has 1 aliphatic heterocycles. The maximum Gasteiger partial charge on any atom is 0.272 e. The summed E-state index contributed by atoms with van der Waals surface area (Å²) in [5, 5.41) is 12.2. The number of carbonyl (C=O) groups excluding carboxylic acids is 1. The van der Waals surface area contributed by atoms with Crippen LogP contribution in [0.2, 0.25) is 0 Å². The quantitative estimate of drug-likeness (QED) is 0.692. The molecule has 2 atom stereocenters. The number of fused-ring (bicyclic) bond motifs is 1. The van der Waals surface area contributed by atoms with Gasteiger partial charge in [-0.25, -0.2) is 26.3 Å². The number of carbonyl (C=O) groups is 1. The molecule has 1 unspecified atom stereocenters. The Hall–Kier alpha value is -2.37. The number of nitrogens with zero attached hydrogens (tertiary/aromatic N) is 1. The number of nitrogens with one attached hydrogen (secondary N) is 2. The van der Waals surface area contributed by atoms with E-state index in [-0.39, 0.29) is 34.7 Å². The van der Waals surface area contributed by atoms with Crippen LogP contribution < -0.4 is 10.0 Å². The average molecular weight is 431 g/mol. The van der Waals surface area contributed by atoms with E-state index in [1.54, 1.807) is 0 Å². The lowest BCUT2D eigenvalue weighted by Crippen LogP contribution is -2.40. The molecule has 7 nitrogen and oxygen atoms in total. The second-order valence-corrected chi connectivity index (χ2v) is 8.61. The van der Waals surface area contributed by atoms with Crippen molar-refractivity contribution in [3.63, 3.8) is 0 Å². The van der Waals surface area contributed by atoms with Crippen LogP contribution in [-0.2, 0) is 23.5 Å². The zero-order valence-electron chi connectivity index (χ0n) is 15.6.